The van der Waals surface area contributed by atoms with Crippen molar-refractivity contribution >= 4 is 49.2 Å². The molecule has 3 rings (SSSR count). The molecule has 0 aromatic heterocycles. The lowest BCUT2D eigenvalue weighted by Crippen LogP contribution is -2.42. The van der Waals surface area contributed by atoms with Crippen molar-refractivity contribution in [2.75, 3.05) is 13.1 Å². The lowest BCUT2D eigenvalue weighted by atomic mass is 10.1. The maximum atomic E-state index is 13.3. The second-order valence-electron chi connectivity index (χ2n) is 6.19. The largest absolute Gasteiger partial charge is 0.507 e. The minimum Gasteiger partial charge on any atom is -0.507 e. The molecule has 0 aliphatic carbocycles. The normalized spacial score (nSPS) is 17.5. The predicted molar refractivity (Wildman–Crippen MR) is 105 cm³/mol. The molecule has 1 saturated heterocycles. The van der Waals surface area contributed by atoms with Crippen LogP contribution in [0.2, 0.25) is 10.0 Å². The predicted octanol–water partition coefficient (Wildman–Crippen LogP) is 5.67. The summed E-state index contributed by atoms with van der Waals surface area (Å²) in [5, 5.41) is 10.4. The van der Waals surface area contributed by atoms with Crippen molar-refractivity contribution in [3.05, 3.63) is 44.8 Å². The number of phenolic OH excluding ortho intramolecular Hbond substituents is 1. The molecule has 5 nitrogen and oxygen atoms in total. The molecular formula is C17H14BrCl2F2NO4S. The summed E-state index contributed by atoms with van der Waals surface area (Å²) in [7, 11) is -4.19. The summed E-state index contributed by atoms with van der Waals surface area (Å²) in [4.78, 5) is -0.445. The van der Waals surface area contributed by atoms with E-state index in [-0.39, 0.29) is 34.6 Å². The number of alkyl halides is 2. The smallest absolute Gasteiger partial charge is 0.250 e. The third kappa shape index (κ3) is 4.54. The number of halogens is 5. The number of ether oxygens (including phenoxy) is 1. The molecule has 11 heteroatoms. The molecule has 1 heterocycles. The molecule has 0 unspecified atom stereocenters. The Morgan fingerprint density at radius 3 is 2.25 bits per heavy atom. The van der Waals surface area contributed by atoms with Gasteiger partial charge in [0.15, 0.2) is 5.75 Å². The molecule has 0 bridgehead atoms. The number of aromatic hydroxyl groups is 1. The third-order valence-corrected chi connectivity index (χ3v) is 7.13. The van der Waals surface area contributed by atoms with Gasteiger partial charge in [-0.15, -0.1) is 0 Å². The fourth-order valence-corrected chi connectivity index (χ4v) is 5.53. The van der Waals surface area contributed by atoms with E-state index in [0.29, 0.717) is 4.47 Å². The SMILES string of the molecule is O=S(=O)(c1cc(Oc2c(Cl)cc(Br)cc2Cl)ccc1O)N1CCC(F)(F)CC1. The van der Waals surface area contributed by atoms with Crippen LogP contribution in [-0.2, 0) is 10.0 Å². The summed E-state index contributed by atoms with van der Waals surface area (Å²) >= 11 is 15.5. The summed E-state index contributed by atoms with van der Waals surface area (Å²) < 4.78 is 59.5. The fourth-order valence-electron chi connectivity index (χ4n) is 2.70. The van der Waals surface area contributed by atoms with E-state index in [4.69, 9.17) is 27.9 Å². The molecule has 1 fully saturated rings. The molecule has 1 aliphatic rings. The lowest BCUT2D eigenvalue weighted by molar-refractivity contribution is -0.0412. The summed E-state index contributed by atoms with van der Waals surface area (Å²) in [6.45, 7) is -0.686. The highest BCUT2D eigenvalue weighted by molar-refractivity contribution is 9.10. The molecule has 2 aromatic rings. The van der Waals surface area contributed by atoms with Gasteiger partial charge in [0, 0.05) is 36.5 Å². The van der Waals surface area contributed by atoms with Gasteiger partial charge in [-0.05, 0) is 24.3 Å². The van der Waals surface area contributed by atoms with E-state index in [1.165, 1.54) is 6.07 Å². The topological polar surface area (TPSA) is 66.8 Å². The van der Waals surface area contributed by atoms with Gasteiger partial charge in [-0.3, -0.25) is 0 Å². The van der Waals surface area contributed by atoms with E-state index in [2.05, 4.69) is 15.9 Å². The van der Waals surface area contributed by atoms with E-state index < -0.39 is 39.4 Å². The number of phenols is 1. The van der Waals surface area contributed by atoms with E-state index >= 15 is 0 Å². The van der Waals surface area contributed by atoms with E-state index in [1.807, 2.05) is 0 Å². The van der Waals surface area contributed by atoms with Crippen LogP contribution >= 0.6 is 39.1 Å². The number of benzene rings is 2. The van der Waals surface area contributed by atoms with Crippen LogP contribution in [0, 0.1) is 0 Å². The molecule has 1 aliphatic heterocycles. The fraction of sp³-hybridized carbons (Fsp3) is 0.294. The van der Waals surface area contributed by atoms with Crippen molar-refractivity contribution in [2.24, 2.45) is 0 Å². The van der Waals surface area contributed by atoms with E-state index in [1.54, 1.807) is 12.1 Å². The number of hydrogen-bond donors (Lipinski definition) is 1. The average molecular weight is 517 g/mol. The van der Waals surface area contributed by atoms with Crippen molar-refractivity contribution in [3.8, 4) is 17.2 Å². The average Bonchev–Trinajstić information content (AvgIpc) is 2.59. The highest BCUT2D eigenvalue weighted by atomic mass is 79.9. The molecule has 0 spiro atoms. The molecule has 0 atom stereocenters. The van der Waals surface area contributed by atoms with Gasteiger partial charge in [-0.1, -0.05) is 39.1 Å². The summed E-state index contributed by atoms with van der Waals surface area (Å²) in [6, 6.07) is 6.68. The van der Waals surface area contributed by atoms with Gasteiger partial charge in [0.1, 0.15) is 16.4 Å². The van der Waals surface area contributed by atoms with E-state index in [9.17, 15) is 22.3 Å². The first-order valence-corrected chi connectivity index (χ1v) is 11.0. The Labute approximate surface area is 179 Å². The standard InChI is InChI=1S/C17H14BrCl2F2NO4S/c18-10-7-12(19)16(13(20)8-10)27-11-1-2-14(24)15(9-11)28(25,26)23-5-3-17(21,22)4-6-23/h1-2,7-9,24H,3-6H2. The van der Waals surface area contributed by atoms with Gasteiger partial charge in [0.25, 0.3) is 5.92 Å². The van der Waals surface area contributed by atoms with Crippen LogP contribution in [0.1, 0.15) is 12.8 Å². The van der Waals surface area contributed by atoms with Crippen LogP contribution < -0.4 is 4.74 Å². The van der Waals surface area contributed by atoms with Crippen molar-refractivity contribution < 1.29 is 27.0 Å². The molecule has 1 N–H and O–H groups in total. The second kappa shape index (κ2) is 7.95. The Hall–Kier alpha value is -1.13. The zero-order chi connectivity index (χ0) is 20.7. The van der Waals surface area contributed by atoms with Crippen LogP contribution in [0.5, 0.6) is 17.2 Å². The van der Waals surface area contributed by atoms with Gasteiger partial charge >= 0.3 is 0 Å². The van der Waals surface area contributed by atoms with Gasteiger partial charge in [0.05, 0.1) is 10.0 Å². The highest BCUT2D eigenvalue weighted by Gasteiger charge is 2.39. The highest BCUT2D eigenvalue weighted by Crippen LogP contribution is 2.40. The van der Waals surface area contributed by atoms with Crippen LogP contribution in [0.4, 0.5) is 8.78 Å². The van der Waals surface area contributed by atoms with Crippen molar-refractivity contribution in [1.29, 1.82) is 0 Å². The summed E-state index contributed by atoms with van der Waals surface area (Å²) in [6.07, 6.45) is -1.15. The van der Waals surface area contributed by atoms with Gasteiger partial charge in [-0.25, -0.2) is 17.2 Å². The maximum Gasteiger partial charge on any atom is 0.250 e. The Morgan fingerprint density at radius 1 is 1.11 bits per heavy atom. The van der Waals surface area contributed by atoms with Crippen LogP contribution in [0.25, 0.3) is 0 Å². The molecule has 0 saturated carbocycles. The van der Waals surface area contributed by atoms with Crippen molar-refractivity contribution in [2.45, 2.75) is 23.7 Å². The zero-order valence-electron chi connectivity index (χ0n) is 14.1. The minimum atomic E-state index is -4.19. The van der Waals surface area contributed by atoms with Gasteiger partial charge < -0.3 is 9.84 Å². The molecule has 0 radical (unpaired) electrons. The van der Waals surface area contributed by atoms with Gasteiger partial charge in [-0.2, -0.15) is 4.31 Å². The summed E-state index contributed by atoms with van der Waals surface area (Å²) in [5.41, 5.74) is 0. The number of sulfonamides is 1. The molecule has 28 heavy (non-hydrogen) atoms. The molecule has 2 aromatic carbocycles. The van der Waals surface area contributed by atoms with Crippen molar-refractivity contribution in [3.63, 3.8) is 0 Å². The Balaban J connectivity index is 1.92. The van der Waals surface area contributed by atoms with Crippen LogP contribution in [-0.4, -0.2) is 36.8 Å². The van der Waals surface area contributed by atoms with Gasteiger partial charge in [0.2, 0.25) is 10.0 Å². The quantitative estimate of drug-likeness (QED) is 0.568. The first-order chi connectivity index (χ1) is 13.0. The number of rotatable bonds is 4. The first-order valence-electron chi connectivity index (χ1n) is 8.03. The molecular weight excluding hydrogens is 503 g/mol. The lowest BCUT2D eigenvalue weighted by Gasteiger charge is -2.31. The number of nitrogens with zero attached hydrogens (tertiary/aromatic N) is 1. The van der Waals surface area contributed by atoms with Crippen LogP contribution in [0.3, 0.4) is 0 Å². The number of piperidine rings is 1. The Kier molecular flexibility index (Phi) is 6.12. The number of hydrogen-bond acceptors (Lipinski definition) is 4. The maximum absolute atomic E-state index is 13.3. The summed E-state index contributed by atoms with van der Waals surface area (Å²) in [5.74, 6) is -3.24. The van der Waals surface area contributed by atoms with Crippen molar-refractivity contribution in [1.82, 2.24) is 4.31 Å². The first kappa shape index (κ1) is 21.6. The molecule has 152 valence electrons. The molecule has 0 amide bonds. The van der Waals surface area contributed by atoms with Crippen LogP contribution in [0.15, 0.2) is 39.7 Å². The zero-order valence-corrected chi connectivity index (χ0v) is 18.0. The Bertz CT molecular complexity index is 987. The minimum absolute atomic E-state index is 0.0600. The van der Waals surface area contributed by atoms with E-state index in [0.717, 1.165) is 16.4 Å². The third-order valence-electron chi connectivity index (χ3n) is 4.19. The second-order valence-corrected chi connectivity index (χ2v) is 9.83. The Morgan fingerprint density at radius 2 is 1.68 bits per heavy atom. The monoisotopic (exact) mass is 515 g/mol.